The number of rotatable bonds is 9. The number of nitrogens with zero attached hydrogens (tertiary/aromatic N) is 4. The molecule has 244 valence electrons. The summed E-state index contributed by atoms with van der Waals surface area (Å²) in [5, 5.41) is 12.9. The summed E-state index contributed by atoms with van der Waals surface area (Å²) in [7, 11) is 0. The number of esters is 1. The molecule has 12 heteroatoms. The van der Waals surface area contributed by atoms with Gasteiger partial charge in [-0.1, -0.05) is 30.3 Å². The molecule has 3 amide bonds. The summed E-state index contributed by atoms with van der Waals surface area (Å²) in [5.41, 5.74) is 1.69. The highest BCUT2D eigenvalue weighted by molar-refractivity contribution is 5.97. The van der Waals surface area contributed by atoms with Crippen molar-refractivity contribution in [2.24, 2.45) is 0 Å². The van der Waals surface area contributed by atoms with Crippen molar-refractivity contribution in [1.82, 2.24) is 20.1 Å². The van der Waals surface area contributed by atoms with Gasteiger partial charge in [-0.05, 0) is 59.1 Å². The molecule has 0 spiro atoms. The van der Waals surface area contributed by atoms with Crippen LogP contribution < -0.4 is 10.2 Å². The van der Waals surface area contributed by atoms with Crippen LogP contribution in [-0.2, 0) is 19.1 Å². The van der Waals surface area contributed by atoms with Crippen molar-refractivity contribution >= 4 is 29.6 Å². The average Bonchev–Trinajstić information content (AvgIpc) is 3.02. The molecular formula is C33H45N5O7. The molecule has 4 rings (SSSR count). The molecule has 2 aliphatic rings. The lowest BCUT2D eigenvalue weighted by Crippen LogP contribution is -2.56. The van der Waals surface area contributed by atoms with Crippen LogP contribution in [-0.4, -0.2) is 107 Å². The Kier molecular flexibility index (Phi) is 11.4. The first-order valence-electron chi connectivity index (χ1n) is 15.7. The number of nitrogens with one attached hydrogen (secondary N) is 1. The van der Waals surface area contributed by atoms with Gasteiger partial charge in [-0.15, -0.1) is 0 Å². The minimum atomic E-state index is -1.02. The number of piperazine rings is 1. The molecule has 2 fully saturated rings. The third-order valence-corrected chi connectivity index (χ3v) is 7.72. The highest BCUT2D eigenvalue weighted by Gasteiger charge is 2.32. The van der Waals surface area contributed by atoms with Crippen LogP contribution in [0.25, 0.3) is 11.3 Å². The van der Waals surface area contributed by atoms with Crippen LogP contribution in [0.5, 0.6) is 0 Å². The zero-order chi connectivity index (χ0) is 32.6. The van der Waals surface area contributed by atoms with Crippen LogP contribution >= 0.6 is 0 Å². The minimum Gasteiger partial charge on any atom is -0.460 e. The van der Waals surface area contributed by atoms with Crippen molar-refractivity contribution in [3.05, 3.63) is 48.2 Å². The number of carbonyl (C=O) groups is 4. The van der Waals surface area contributed by atoms with E-state index in [1.165, 1.54) is 0 Å². The number of ether oxygens (including phenoxy) is 2. The van der Waals surface area contributed by atoms with Crippen LogP contribution in [0.2, 0.25) is 0 Å². The maximum atomic E-state index is 13.8. The van der Waals surface area contributed by atoms with Crippen LogP contribution in [0.1, 0.15) is 63.9 Å². The number of aromatic nitrogens is 1. The molecule has 0 unspecified atom stereocenters. The topological polar surface area (TPSA) is 142 Å². The summed E-state index contributed by atoms with van der Waals surface area (Å²) < 4.78 is 10.5. The molecule has 0 bridgehead atoms. The van der Waals surface area contributed by atoms with Gasteiger partial charge in [-0.25, -0.2) is 9.78 Å². The summed E-state index contributed by atoms with van der Waals surface area (Å²) in [4.78, 5) is 62.2. The summed E-state index contributed by atoms with van der Waals surface area (Å²) in [6.07, 6.45) is 0.422. The molecule has 2 saturated heterocycles. The van der Waals surface area contributed by atoms with E-state index in [1.807, 2.05) is 36.4 Å². The minimum absolute atomic E-state index is 0.0345. The number of carbonyl (C=O) groups excluding carboxylic acids is 4. The Morgan fingerprint density at radius 1 is 0.978 bits per heavy atom. The van der Waals surface area contributed by atoms with Gasteiger partial charge in [0, 0.05) is 56.9 Å². The second-order valence-electron chi connectivity index (χ2n) is 12.3. The first kappa shape index (κ1) is 33.7. The predicted octanol–water partition coefficient (Wildman–Crippen LogP) is 3.23. The molecule has 0 radical (unpaired) electrons. The van der Waals surface area contributed by atoms with E-state index >= 15 is 0 Å². The quantitative estimate of drug-likeness (QED) is 0.403. The van der Waals surface area contributed by atoms with Gasteiger partial charge in [-0.3, -0.25) is 14.4 Å². The van der Waals surface area contributed by atoms with E-state index < -0.39 is 29.6 Å². The van der Waals surface area contributed by atoms with Gasteiger partial charge in [0.1, 0.15) is 17.3 Å². The number of hydrogen-bond donors (Lipinski definition) is 2. The van der Waals surface area contributed by atoms with Crippen molar-refractivity contribution in [2.75, 3.05) is 50.8 Å². The van der Waals surface area contributed by atoms with Crippen molar-refractivity contribution in [2.45, 2.75) is 71.1 Å². The number of anilines is 1. The Morgan fingerprint density at radius 2 is 1.62 bits per heavy atom. The molecule has 12 nitrogen and oxygen atoms in total. The fraction of sp³-hybridized carbons (Fsp3) is 0.545. The Hall–Kier alpha value is -4.19. The molecule has 0 aliphatic carbocycles. The molecule has 3 heterocycles. The highest BCUT2D eigenvalue weighted by Crippen LogP contribution is 2.27. The zero-order valence-electron chi connectivity index (χ0n) is 26.7. The van der Waals surface area contributed by atoms with Gasteiger partial charge in [-0.2, -0.15) is 0 Å². The first-order chi connectivity index (χ1) is 21.4. The largest absolute Gasteiger partial charge is 0.460 e. The van der Waals surface area contributed by atoms with Crippen molar-refractivity contribution in [3.63, 3.8) is 0 Å². The molecule has 2 N–H and O–H groups in total. The van der Waals surface area contributed by atoms with E-state index in [1.54, 1.807) is 43.6 Å². The number of pyridine rings is 1. The molecule has 1 aromatic heterocycles. The number of hydrogen-bond acceptors (Lipinski definition) is 9. The van der Waals surface area contributed by atoms with E-state index in [9.17, 15) is 24.3 Å². The Bertz CT molecular complexity index is 1330. The van der Waals surface area contributed by atoms with Gasteiger partial charge in [0.2, 0.25) is 5.91 Å². The number of aliphatic hydroxyl groups is 1. The summed E-state index contributed by atoms with van der Waals surface area (Å²) in [6, 6.07) is 12.1. The molecular weight excluding hydrogens is 578 g/mol. The zero-order valence-corrected chi connectivity index (χ0v) is 26.7. The lowest BCUT2D eigenvalue weighted by molar-refractivity contribution is -0.155. The Balaban J connectivity index is 1.56. The first-order valence-corrected chi connectivity index (χ1v) is 15.7. The third-order valence-electron chi connectivity index (χ3n) is 7.72. The summed E-state index contributed by atoms with van der Waals surface area (Å²) in [6.45, 7) is 9.70. The Labute approximate surface area is 264 Å². The van der Waals surface area contributed by atoms with Crippen molar-refractivity contribution < 1.29 is 33.8 Å². The number of amides is 3. The standard InChI is InChI=1S/C33H45N5O7/c1-5-44-32(43)38-19-17-37(18-20-38)31(42)26(11-12-29(40)45-33(2,3)4)35-30(41)28-22-24(36-15-13-25(39)14-16-36)21-27(34-28)23-9-7-6-8-10-23/h6-10,21-22,25-26,39H,5,11-20H2,1-4H3,(H,35,41)/t26-/m0/s1. The third kappa shape index (κ3) is 9.65. The molecule has 1 aromatic carbocycles. The van der Waals surface area contributed by atoms with Gasteiger partial charge >= 0.3 is 12.1 Å². The van der Waals surface area contributed by atoms with Crippen LogP contribution in [0, 0.1) is 0 Å². The SMILES string of the molecule is CCOC(=O)N1CCN(C(=O)[C@H](CCC(=O)OC(C)(C)C)NC(=O)c2cc(N3CCC(O)CC3)cc(-c3ccccc3)n2)CC1. The number of piperidine rings is 1. The van der Waals surface area contributed by atoms with Gasteiger partial charge in [0.05, 0.1) is 18.4 Å². The van der Waals surface area contributed by atoms with E-state index in [-0.39, 0.29) is 50.2 Å². The van der Waals surface area contributed by atoms with Crippen molar-refractivity contribution in [3.8, 4) is 11.3 Å². The van der Waals surface area contributed by atoms with E-state index in [0.29, 0.717) is 44.7 Å². The molecule has 2 aliphatic heterocycles. The Morgan fingerprint density at radius 3 is 2.24 bits per heavy atom. The maximum Gasteiger partial charge on any atom is 0.409 e. The van der Waals surface area contributed by atoms with E-state index in [4.69, 9.17) is 9.47 Å². The number of aliphatic hydroxyl groups excluding tert-OH is 1. The van der Waals surface area contributed by atoms with Gasteiger partial charge in [0.25, 0.3) is 5.91 Å². The lowest BCUT2D eigenvalue weighted by Gasteiger charge is -2.36. The number of benzene rings is 1. The van der Waals surface area contributed by atoms with Crippen LogP contribution in [0.3, 0.4) is 0 Å². The summed E-state index contributed by atoms with van der Waals surface area (Å²) >= 11 is 0. The van der Waals surface area contributed by atoms with E-state index in [0.717, 1.165) is 11.3 Å². The van der Waals surface area contributed by atoms with Crippen LogP contribution in [0.4, 0.5) is 10.5 Å². The normalized spacial score (nSPS) is 16.6. The average molecular weight is 624 g/mol. The van der Waals surface area contributed by atoms with E-state index in [2.05, 4.69) is 15.2 Å². The summed E-state index contributed by atoms with van der Waals surface area (Å²) in [5.74, 6) is -1.36. The molecule has 2 aromatic rings. The van der Waals surface area contributed by atoms with Gasteiger partial charge in [0.15, 0.2) is 0 Å². The smallest absolute Gasteiger partial charge is 0.409 e. The molecule has 1 atom stereocenters. The van der Waals surface area contributed by atoms with Crippen molar-refractivity contribution in [1.29, 1.82) is 0 Å². The second-order valence-corrected chi connectivity index (χ2v) is 12.3. The monoisotopic (exact) mass is 623 g/mol. The predicted molar refractivity (Wildman–Crippen MR) is 169 cm³/mol. The molecule has 0 saturated carbocycles. The highest BCUT2D eigenvalue weighted by atomic mass is 16.6. The fourth-order valence-corrected chi connectivity index (χ4v) is 5.38. The fourth-order valence-electron chi connectivity index (χ4n) is 5.38. The van der Waals surface area contributed by atoms with Gasteiger partial charge < -0.3 is 34.6 Å². The molecule has 45 heavy (non-hydrogen) atoms. The maximum absolute atomic E-state index is 13.8. The second kappa shape index (κ2) is 15.2. The lowest BCUT2D eigenvalue weighted by atomic mass is 10.1. The van der Waals surface area contributed by atoms with Crippen LogP contribution in [0.15, 0.2) is 42.5 Å².